The van der Waals surface area contributed by atoms with Crippen LogP contribution in [-0.2, 0) is 0 Å². The number of anilines is 1. The van der Waals surface area contributed by atoms with Gasteiger partial charge in [-0.2, -0.15) is 16.0 Å². The van der Waals surface area contributed by atoms with Crippen molar-refractivity contribution in [1.29, 1.82) is 0 Å². The Kier molecular flexibility index (Phi) is 2.79. The molecule has 0 radical (unpaired) electrons. The Morgan fingerprint density at radius 2 is 2.05 bits per heavy atom. The van der Waals surface area contributed by atoms with E-state index in [4.69, 9.17) is 5.73 Å². The summed E-state index contributed by atoms with van der Waals surface area (Å²) in [6.07, 6.45) is 0. The highest BCUT2D eigenvalue weighted by molar-refractivity contribution is 7.08. The number of thiophene rings is 1. The second-order valence-electron chi connectivity index (χ2n) is 4.42. The quantitative estimate of drug-likeness (QED) is 0.727. The van der Waals surface area contributed by atoms with Gasteiger partial charge >= 0.3 is 0 Å². The Bertz CT molecular complexity index is 715. The number of aryl methyl sites for hydroxylation is 2. The first kappa shape index (κ1) is 11.9. The average Bonchev–Trinajstić information content (AvgIpc) is 3.03. The summed E-state index contributed by atoms with van der Waals surface area (Å²) in [5.74, 6) is 0.711. The Balaban J connectivity index is 2.19. The van der Waals surface area contributed by atoms with Crippen molar-refractivity contribution in [2.75, 3.05) is 5.73 Å². The first-order valence-corrected chi connectivity index (χ1v) is 6.79. The topological polar surface area (TPSA) is 69.6 Å². The molecule has 0 fully saturated rings. The number of rotatable bonds is 2. The zero-order valence-electron chi connectivity index (χ0n) is 10.7. The van der Waals surface area contributed by atoms with Crippen LogP contribution in [0.5, 0.6) is 0 Å². The average molecular weight is 271 g/mol. The molecule has 3 rings (SSSR count). The van der Waals surface area contributed by atoms with Crippen molar-refractivity contribution in [3.8, 4) is 17.1 Å². The van der Waals surface area contributed by atoms with Crippen LogP contribution in [0, 0.1) is 13.8 Å². The van der Waals surface area contributed by atoms with E-state index in [0.717, 1.165) is 28.1 Å². The molecule has 0 spiro atoms. The summed E-state index contributed by atoms with van der Waals surface area (Å²) >= 11 is 1.61. The van der Waals surface area contributed by atoms with Crippen molar-refractivity contribution in [2.24, 2.45) is 0 Å². The number of tetrazole rings is 1. The van der Waals surface area contributed by atoms with Gasteiger partial charge in [0, 0.05) is 16.6 Å². The number of nitrogen functional groups attached to an aromatic ring is 1. The lowest BCUT2D eigenvalue weighted by molar-refractivity contribution is 0.793. The number of aromatic nitrogens is 4. The Hall–Kier alpha value is -2.21. The molecule has 0 aliphatic rings. The minimum Gasteiger partial charge on any atom is -0.398 e. The van der Waals surface area contributed by atoms with Gasteiger partial charge < -0.3 is 5.73 Å². The minimum absolute atomic E-state index is 0.711. The second kappa shape index (κ2) is 4.47. The molecule has 0 amide bonds. The fourth-order valence-electron chi connectivity index (χ4n) is 2.02. The fourth-order valence-corrected chi connectivity index (χ4v) is 2.63. The summed E-state index contributed by atoms with van der Waals surface area (Å²) in [5.41, 5.74) is 10.8. The second-order valence-corrected chi connectivity index (χ2v) is 5.20. The molecule has 0 saturated carbocycles. The van der Waals surface area contributed by atoms with Crippen LogP contribution in [0.25, 0.3) is 17.1 Å². The molecule has 2 heterocycles. The van der Waals surface area contributed by atoms with Crippen LogP contribution in [0.4, 0.5) is 5.69 Å². The predicted molar refractivity (Wildman–Crippen MR) is 76.4 cm³/mol. The maximum Gasteiger partial charge on any atom is 0.187 e. The molecule has 0 aliphatic carbocycles. The number of nitrogens with two attached hydrogens (primary N) is 1. The highest BCUT2D eigenvalue weighted by Gasteiger charge is 2.14. The summed E-state index contributed by atoms with van der Waals surface area (Å²) in [7, 11) is 0. The Morgan fingerprint density at radius 1 is 1.21 bits per heavy atom. The van der Waals surface area contributed by atoms with Crippen LogP contribution in [-0.4, -0.2) is 20.2 Å². The van der Waals surface area contributed by atoms with Crippen LogP contribution < -0.4 is 5.73 Å². The molecule has 3 aromatic rings. The number of hydrogen-bond donors (Lipinski definition) is 1. The van der Waals surface area contributed by atoms with Gasteiger partial charge in [0.15, 0.2) is 5.82 Å². The van der Waals surface area contributed by atoms with E-state index in [1.54, 1.807) is 16.0 Å². The molecule has 96 valence electrons. The number of benzene rings is 1. The molecular weight excluding hydrogens is 258 g/mol. The van der Waals surface area contributed by atoms with Gasteiger partial charge in [-0.1, -0.05) is 6.07 Å². The molecule has 0 atom stereocenters. The molecule has 19 heavy (non-hydrogen) atoms. The highest BCUT2D eigenvalue weighted by Crippen LogP contribution is 2.27. The Labute approximate surface area is 114 Å². The monoisotopic (exact) mass is 271 g/mol. The van der Waals surface area contributed by atoms with Gasteiger partial charge in [0.25, 0.3) is 0 Å². The first-order chi connectivity index (χ1) is 9.16. The number of nitrogens with zero attached hydrogens (tertiary/aromatic N) is 4. The molecule has 0 bridgehead atoms. The van der Waals surface area contributed by atoms with Crippen LogP contribution in [0.1, 0.15) is 11.1 Å². The van der Waals surface area contributed by atoms with E-state index >= 15 is 0 Å². The zero-order chi connectivity index (χ0) is 13.4. The standard InChI is InChI=1S/C13H13N5S/c1-8-5-9(2)12(14)6-11(8)13-15-16-17-18(13)10-3-4-19-7-10/h3-7H,14H2,1-2H3. The molecule has 2 N–H and O–H groups in total. The van der Waals surface area contributed by atoms with E-state index in [1.165, 1.54) is 0 Å². The predicted octanol–water partition coefficient (Wildman–Crippen LogP) is 2.59. The van der Waals surface area contributed by atoms with Crippen molar-refractivity contribution in [3.63, 3.8) is 0 Å². The molecule has 2 aromatic heterocycles. The Morgan fingerprint density at radius 3 is 2.79 bits per heavy atom. The molecule has 1 aromatic carbocycles. The van der Waals surface area contributed by atoms with Crippen LogP contribution in [0.3, 0.4) is 0 Å². The van der Waals surface area contributed by atoms with Gasteiger partial charge in [0.2, 0.25) is 0 Å². The third-order valence-corrected chi connectivity index (χ3v) is 3.74. The van der Waals surface area contributed by atoms with Crippen LogP contribution in [0.2, 0.25) is 0 Å². The van der Waals surface area contributed by atoms with Crippen molar-refractivity contribution in [3.05, 3.63) is 40.1 Å². The lowest BCUT2D eigenvalue weighted by Gasteiger charge is -2.09. The van der Waals surface area contributed by atoms with Crippen LogP contribution >= 0.6 is 11.3 Å². The van der Waals surface area contributed by atoms with E-state index in [2.05, 4.69) is 21.6 Å². The SMILES string of the molecule is Cc1cc(C)c(-c2nnnn2-c2ccsc2)cc1N. The summed E-state index contributed by atoms with van der Waals surface area (Å²) in [6.45, 7) is 4.03. The van der Waals surface area contributed by atoms with Crippen molar-refractivity contribution in [1.82, 2.24) is 20.2 Å². The summed E-state index contributed by atoms with van der Waals surface area (Å²) in [5, 5.41) is 16.0. The molecule has 6 heteroatoms. The summed E-state index contributed by atoms with van der Waals surface area (Å²) in [6, 6.07) is 5.97. The fraction of sp³-hybridized carbons (Fsp3) is 0.154. The largest absolute Gasteiger partial charge is 0.398 e. The lowest BCUT2D eigenvalue weighted by atomic mass is 10.0. The summed E-state index contributed by atoms with van der Waals surface area (Å²) in [4.78, 5) is 0. The smallest absolute Gasteiger partial charge is 0.187 e. The van der Waals surface area contributed by atoms with Gasteiger partial charge in [-0.25, -0.2) is 0 Å². The van der Waals surface area contributed by atoms with E-state index in [-0.39, 0.29) is 0 Å². The third-order valence-electron chi connectivity index (χ3n) is 3.07. The third kappa shape index (κ3) is 2.00. The first-order valence-electron chi connectivity index (χ1n) is 5.85. The lowest BCUT2D eigenvalue weighted by Crippen LogP contribution is -2.01. The van der Waals surface area contributed by atoms with E-state index < -0.39 is 0 Å². The molecular formula is C13H13N5S. The van der Waals surface area contributed by atoms with E-state index in [1.807, 2.05) is 36.7 Å². The van der Waals surface area contributed by atoms with Crippen molar-refractivity contribution >= 4 is 17.0 Å². The van der Waals surface area contributed by atoms with Gasteiger partial charge in [-0.15, -0.1) is 5.10 Å². The zero-order valence-corrected chi connectivity index (χ0v) is 11.5. The molecule has 5 nitrogen and oxygen atoms in total. The van der Waals surface area contributed by atoms with E-state index in [9.17, 15) is 0 Å². The normalized spacial score (nSPS) is 10.8. The highest BCUT2D eigenvalue weighted by atomic mass is 32.1. The maximum absolute atomic E-state index is 5.99. The van der Waals surface area contributed by atoms with Gasteiger partial charge in [0.1, 0.15) is 0 Å². The summed E-state index contributed by atoms with van der Waals surface area (Å²) < 4.78 is 1.73. The van der Waals surface area contributed by atoms with E-state index in [0.29, 0.717) is 5.82 Å². The minimum atomic E-state index is 0.711. The van der Waals surface area contributed by atoms with Gasteiger partial charge in [-0.05, 0) is 52.9 Å². The maximum atomic E-state index is 5.99. The van der Waals surface area contributed by atoms with Crippen LogP contribution in [0.15, 0.2) is 29.0 Å². The molecule has 0 unspecified atom stereocenters. The van der Waals surface area contributed by atoms with Crippen molar-refractivity contribution < 1.29 is 0 Å². The van der Waals surface area contributed by atoms with Crippen molar-refractivity contribution in [2.45, 2.75) is 13.8 Å². The number of hydrogen-bond acceptors (Lipinski definition) is 5. The van der Waals surface area contributed by atoms with Gasteiger partial charge in [-0.3, -0.25) is 0 Å². The van der Waals surface area contributed by atoms with Gasteiger partial charge in [0.05, 0.1) is 5.69 Å². The molecule has 0 saturated heterocycles. The molecule has 0 aliphatic heterocycles.